The summed E-state index contributed by atoms with van der Waals surface area (Å²) in [6.45, 7) is 6.71. The predicted octanol–water partition coefficient (Wildman–Crippen LogP) is 2.95. The number of nitrogens with one attached hydrogen (secondary N) is 1. The Labute approximate surface area is 80.8 Å². The summed E-state index contributed by atoms with van der Waals surface area (Å²) in [5.41, 5.74) is 2.58. The molecule has 0 aromatic carbocycles. The van der Waals surface area contributed by atoms with E-state index in [1.165, 1.54) is 24.2 Å². The van der Waals surface area contributed by atoms with Crippen molar-refractivity contribution < 1.29 is 0 Å². The van der Waals surface area contributed by atoms with Gasteiger partial charge in [-0.3, -0.25) is 0 Å². The van der Waals surface area contributed by atoms with Crippen LogP contribution in [0.4, 0.5) is 0 Å². The maximum atomic E-state index is 4.28. The Morgan fingerprint density at radius 2 is 2.23 bits per heavy atom. The minimum atomic E-state index is 0.827. The number of aromatic amines is 1. The number of imidazole rings is 1. The van der Waals surface area contributed by atoms with E-state index in [1.54, 1.807) is 0 Å². The number of nitrogens with zero attached hydrogens (tertiary/aromatic N) is 1. The van der Waals surface area contributed by atoms with Gasteiger partial charge in [-0.15, -0.1) is 0 Å². The Morgan fingerprint density at radius 1 is 1.46 bits per heavy atom. The maximum absolute atomic E-state index is 4.28. The first-order valence-corrected chi connectivity index (χ1v) is 5.29. The van der Waals surface area contributed by atoms with Gasteiger partial charge in [0.2, 0.25) is 0 Å². The van der Waals surface area contributed by atoms with Crippen LogP contribution < -0.4 is 0 Å². The van der Waals surface area contributed by atoms with Crippen molar-refractivity contribution >= 4 is 0 Å². The molecule has 0 aliphatic heterocycles. The van der Waals surface area contributed by atoms with E-state index in [9.17, 15) is 0 Å². The van der Waals surface area contributed by atoms with E-state index in [2.05, 4.69) is 30.7 Å². The Hall–Kier alpha value is -0.790. The van der Waals surface area contributed by atoms with Gasteiger partial charge in [-0.05, 0) is 25.2 Å². The molecule has 1 aromatic heterocycles. The molecule has 1 atom stereocenters. The fourth-order valence-corrected chi connectivity index (χ4v) is 1.47. The second kappa shape index (κ2) is 5.05. The van der Waals surface area contributed by atoms with Crippen LogP contribution in [0.1, 0.15) is 45.0 Å². The molecule has 2 nitrogen and oxygen atoms in total. The lowest BCUT2D eigenvalue weighted by Crippen LogP contribution is -1.98. The highest BCUT2D eigenvalue weighted by molar-refractivity contribution is 5.10. The van der Waals surface area contributed by atoms with Gasteiger partial charge in [0, 0.05) is 5.69 Å². The third-order valence-corrected chi connectivity index (χ3v) is 2.73. The van der Waals surface area contributed by atoms with Gasteiger partial charge in [0.1, 0.15) is 0 Å². The van der Waals surface area contributed by atoms with E-state index in [-0.39, 0.29) is 0 Å². The first-order valence-electron chi connectivity index (χ1n) is 5.29. The molecule has 1 rings (SSSR count). The number of hydrogen-bond acceptors (Lipinski definition) is 1. The van der Waals surface area contributed by atoms with Crippen LogP contribution in [-0.2, 0) is 12.8 Å². The topological polar surface area (TPSA) is 28.7 Å². The summed E-state index contributed by atoms with van der Waals surface area (Å²) in [4.78, 5) is 7.51. The minimum absolute atomic E-state index is 0.827. The van der Waals surface area contributed by atoms with Crippen LogP contribution in [0.5, 0.6) is 0 Å². The third-order valence-electron chi connectivity index (χ3n) is 2.73. The molecule has 1 aromatic rings. The van der Waals surface area contributed by atoms with E-state index >= 15 is 0 Å². The zero-order valence-corrected chi connectivity index (χ0v) is 8.93. The molecule has 0 bridgehead atoms. The van der Waals surface area contributed by atoms with Gasteiger partial charge < -0.3 is 4.98 Å². The average Bonchev–Trinajstić information content (AvgIpc) is 2.61. The third kappa shape index (κ3) is 2.87. The van der Waals surface area contributed by atoms with Gasteiger partial charge in [0.25, 0.3) is 0 Å². The van der Waals surface area contributed by atoms with E-state index in [4.69, 9.17) is 0 Å². The lowest BCUT2D eigenvalue weighted by atomic mass is 10.0. The largest absolute Gasteiger partial charge is 0.348 e. The summed E-state index contributed by atoms with van der Waals surface area (Å²) >= 11 is 0. The molecule has 1 N–H and O–H groups in total. The molecule has 2 heteroatoms. The quantitative estimate of drug-likeness (QED) is 0.741. The van der Waals surface area contributed by atoms with E-state index in [0.717, 1.165) is 18.8 Å². The Balaban J connectivity index is 2.44. The standard InChI is InChI=1S/C11H20N2/c1-4-9(3)6-7-11-10(5-2)12-8-13-11/h8-9H,4-7H2,1-3H3,(H,12,13). The molecule has 0 saturated heterocycles. The first kappa shape index (κ1) is 10.3. The summed E-state index contributed by atoms with van der Waals surface area (Å²) in [5, 5.41) is 0. The van der Waals surface area contributed by atoms with Crippen molar-refractivity contribution in [3.63, 3.8) is 0 Å². The van der Waals surface area contributed by atoms with Gasteiger partial charge >= 0.3 is 0 Å². The number of rotatable bonds is 5. The normalized spacial score (nSPS) is 13.2. The fourth-order valence-electron chi connectivity index (χ4n) is 1.47. The Kier molecular flexibility index (Phi) is 4.00. The second-order valence-electron chi connectivity index (χ2n) is 3.73. The van der Waals surface area contributed by atoms with Crippen molar-refractivity contribution in [3.05, 3.63) is 17.7 Å². The molecule has 0 aliphatic carbocycles. The average molecular weight is 180 g/mol. The van der Waals surface area contributed by atoms with Crippen LogP contribution in [-0.4, -0.2) is 9.97 Å². The van der Waals surface area contributed by atoms with Crippen LogP contribution in [0.15, 0.2) is 6.33 Å². The van der Waals surface area contributed by atoms with Crippen molar-refractivity contribution in [2.45, 2.75) is 46.5 Å². The number of H-pyrrole nitrogens is 1. The summed E-state index contributed by atoms with van der Waals surface area (Å²) in [6.07, 6.45) is 6.55. The van der Waals surface area contributed by atoms with Gasteiger partial charge in [0.15, 0.2) is 0 Å². The van der Waals surface area contributed by atoms with Crippen LogP contribution in [0.3, 0.4) is 0 Å². The van der Waals surface area contributed by atoms with Gasteiger partial charge in [0.05, 0.1) is 12.0 Å². The number of aryl methyl sites for hydroxylation is 2. The SMILES string of the molecule is CCc1nc[nH]c1CCC(C)CC. The van der Waals surface area contributed by atoms with Crippen molar-refractivity contribution in [2.75, 3.05) is 0 Å². The maximum Gasteiger partial charge on any atom is 0.0925 e. The van der Waals surface area contributed by atoms with Crippen molar-refractivity contribution in [3.8, 4) is 0 Å². The van der Waals surface area contributed by atoms with Crippen molar-refractivity contribution in [1.29, 1.82) is 0 Å². The Bertz CT molecular complexity index is 240. The van der Waals surface area contributed by atoms with Crippen LogP contribution in [0.2, 0.25) is 0 Å². The van der Waals surface area contributed by atoms with Crippen molar-refractivity contribution in [1.82, 2.24) is 9.97 Å². The van der Waals surface area contributed by atoms with Gasteiger partial charge in [-0.25, -0.2) is 4.98 Å². The molecule has 0 spiro atoms. The highest BCUT2D eigenvalue weighted by Crippen LogP contribution is 2.13. The van der Waals surface area contributed by atoms with Crippen LogP contribution in [0.25, 0.3) is 0 Å². The van der Waals surface area contributed by atoms with Gasteiger partial charge in [-0.2, -0.15) is 0 Å². The monoisotopic (exact) mass is 180 g/mol. The molecule has 0 saturated carbocycles. The highest BCUT2D eigenvalue weighted by Gasteiger charge is 2.05. The summed E-state index contributed by atoms with van der Waals surface area (Å²) in [7, 11) is 0. The predicted molar refractivity (Wildman–Crippen MR) is 55.7 cm³/mol. The lowest BCUT2D eigenvalue weighted by Gasteiger charge is -2.07. The Morgan fingerprint density at radius 3 is 2.85 bits per heavy atom. The summed E-state index contributed by atoms with van der Waals surface area (Å²) in [5.74, 6) is 0.827. The molecule has 0 fully saturated rings. The zero-order valence-electron chi connectivity index (χ0n) is 8.93. The zero-order chi connectivity index (χ0) is 9.68. The minimum Gasteiger partial charge on any atom is -0.348 e. The molecule has 13 heavy (non-hydrogen) atoms. The molecule has 0 radical (unpaired) electrons. The molecular weight excluding hydrogens is 160 g/mol. The van der Waals surface area contributed by atoms with Crippen molar-refractivity contribution in [2.24, 2.45) is 5.92 Å². The highest BCUT2D eigenvalue weighted by atomic mass is 14.9. The molecule has 1 unspecified atom stereocenters. The molecule has 1 heterocycles. The number of aromatic nitrogens is 2. The van der Waals surface area contributed by atoms with E-state index in [0.29, 0.717) is 0 Å². The molecule has 0 amide bonds. The number of hydrogen-bond donors (Lipinski definition) is 1. The smallest absolute Gasteiger partial charge is 0.0925 e. The fraction of sp³-hybridized carbons (Fsp3) is 0.727. The first-order chi connectivity index (χ1) is 6.27. The second-order valence-corrected chi connectivity index (χ2v) is 3.73. The molecular formula is C11H20N2. The molecule has 74 valence electrons. The van der Waals surface area contributed by atoms with E-state index in [1.807, 2.05) is 6.33 Å². The van der Waals surface area contributed by atoms with E-state index < -0.39 is 0 Å². The van der Waals surface area contributed by atoms with Gasteiger partial charge in [-0.1, -0.05) is 27.2 Å². The summed E-state index contributed by atoms with van der Waals surface area (Å²) in [6, 6.07) is 0. The summed E-state index contributed by atoms with van der Waals surface area (Å²) < 4.78 is 0. The lowest BCUT2D eigenvalue weighted by molar-refractivity contribution is 0.513. The van der Waals surface area contributed by atoms with Crippen LogP contribution in [0, 0.1) is 5.92 Å². The van der Waals surface area contributed by atoms with Crippen LogP contribution >= 0.6 is 0 Å². The molecule has 0 aliphatic rings.